The van der Waals surface area contributed by atoms with Crippen LogP contribution in [-0.2, 0) is 14.2 Å². The lowest BCUT2D eigenvalue weighted by molar-refractivity contribution is -0.355. The van der Waals surface area contributed by atoms with E-state index in [0.29, 0.717) is 19.3 Å². The Hall–Kier alpha value is -0.560. The number of nitrogens with two attached hydrogens (primary N) is 2. The van der Waals surface area contributed by atoms with Crippen LogP contribution in [0.25, 0.3) is 0 Å². The molecule has 2 saturated heterocycles. The normalized spacial score (nSPS) is 42.7. The molecule has 0 radical (unpaired) electrons. The number of ether oxygens (including phenoxy) is 3. The first-order valence-electron chi connectivity index (χ1n) is 14.5. The van der Waals surface area contributed by atoms with Crippen molar-refractivity contribution in [1.29, 1.82) is 0 Å². The van der Waals surface area contributed by atoms with E-state index in [4.69, 9.17) is 25.7 Å². The number of thioether (sulfide) groups is 2. The molecule has 14 heteroatoms. The standard InChI is InChI=1S/C28H46N2O10S2/c1-14(29)11-20(15-7-3-2-4-8-15)41-27-24(36)22(34)25(18(13-32)38-27)40-28(42-19-10-6-5-9-16(19)30)26(37)23(35)21(33)17(12-31)39-28/h2-4,7-8,14,16-27,31-37H,5-6,9-13,29-30H2,1H3/t14?,16?,17-,18-,19?,20?,21+,22-,23+,24-,25+,26-,27+,28-/m1/s1. The lowest BCUT2D eigenvalue weighted by Crippen LogP contribution is -2.69. The molecule has 3 fully saturated rings. The zero-order chi connectivity index (χ0) is 30.6. The van der Waals surface area contributed by atoms with Crippen LogP contribution >= 0.6 is 23.5 Å². The van der Waals surface area contributed by atoms with E-state index in [1.807, 2.05) is 37.3 Å². The molecule has 1 aromatic rings. The van der Waals surface area contributed by atoms with Crippen molar-refractivity contribution in [2.45, 2.75) is 121 Å². The van der Waals surface area contributed by atoms with Gasteiger partial charge in [0.15, 0.2) is 0 Å². The van der Waals surface area contributed by atoms with Crippen LogP contribution in [0.15, 0.2) is 30.3 Å². The van der Waals surface area contributed by atoms with E-state index in [1.165, 1.54) is 11.8 Å². The van der Waals surface area contributed by atoms with E-state index in [2.05, 4.69) is 0 Å². The summed E-state index contributed by atoms with van der Waals surface area (Å²) >= 11 is 2.28. The largest absolute Gasteiger partial charge is 0.394 e. The van der Waals surface area contributed by atoms with Crippen molar-refractivity contribution < 1.29 is 50.0 Å². The number of benzene rings is 1. The second-order valence-electron chi connectivity index (χ2n) is 11.5. The van der Waals surface area contributed by atoms with Gasteiger partial charge in [0.1, 0.15) is 54.3 Å². The maximum absolute atomic E-state index is 11.4. The van der Waals surface area contributed by atoms with E-state index in [1.54, 1.807) is 0 Å². The van der Waals surface area contributed by atoms with Crippen LogP contribution in [-0.4, -0.2) is 126 Å². The molecule has 11 N–H and O–H groups in total. The van der Waals surface area contributed by atoms with Crippen molar-refractivity contribution in [2.24, 2.45) is 11.5 Å². The third-order valence-corrected chi connectivity index (χ3v) is 11.3. The molecule has 14 atom stereocenters. The molecule has 1 aromatic carbocycles. The first-order valence-corrected chi connectivity index (χ1v) is 16.4. The quantitative estimate of drug-likeness (QED) is 0.135. The van der Waals surface area contributed by atoms with Crippen molar-refractivity contribution in [3.8, 4) is 0 Å². The van der Waals surface area contributed by atoms with Gasteiger partial charge in [-0.1, -0.05) is 54.9 Å². The molecule has 0 amide bonds. The molecular formula is C28H46N2O10S2. The van der Waals surface area contributed by atoms with Gasteiger partial charge in [-0.15, -0.1) is 11.8 Å². The summed E-state index contributed by atoms with van der Waals surface area (Å²) in [6.45, 7) is 0.575. The Morgan fingerprint density at radius 3 is 2.24 bits per heavy atom. The van der Waals surface area contributed by atoms with Crippen molar-refractivity contribution in [3.05, 3.63) is 35.9 Å². The lowest BCUT2D eigenvalue weighted by atomic mass is 9.96. The van der Waals surface area contributed by atoms with Gasteiger partial charge in [0.2, 0.25) is 5.12 Å². The minimum atomic E-state index is -2.12. The molecule has 0 aromatic heterocycles. The fourth-order valence-electron chi connectivity index (χ4n) is 5.75. The highest BCUT2D eigenvalue weighted by Gasteiger charge is 2.60. The third kappa shape index (κ3) is 7.62. The predicted octanol–water partition coefficient (Wildman–Crippen LogP) is -0.847. The van der Waals surface area contributed by atoms with Crippen molar-refractivity contribution in [2.75, 3.05) is 13.2 Å². The number of hydrogen-bond donors (Lipinski definition) is 9. The summed E-state index contributed by atoms with van der Waals surface area (Å²) in [5.74, 6) is 0. The first-order chi connectivity index (χ1) is 20.0. The van der Waals surface area contributed by atoms with E-state index >= 15 is 0 Å². The zero-order valence-electron chi connectivity index (χ0n) is 23.7. The Balaban J connectivity index is 1.60. The summed E-state index contributed by atoms with van der Waals surface area (Å²) in [5, 5.41) is 72.7. The summed E-state index contributed by atoms with van der Waals surface area (Å²) in [6, 6.07) is 9.12. The Kier molecular flexibility index (Phi) is 12.4. The molecule has 240 valence electrons. The molecule has 0 bridgehead atoms. The molecule has 42 heavy (non-hydrogen) atoms. The van der Waals surface area contributed by atoms with E-state index in [9.17, 15) is 35.7 Å². The summed E-state index contributed by atoms with van der Waals surface area (Å²) in [7, 11) is 0. The highest BCUT2D eigenvalue weighted by Crippen LogP contribution is 2.48. The third-order valence-electron chi connectivity index (χ3n) is 8.16. The minimum Gasteiger partial charge on any atom is -0.394 e. The molecule has 1 aliphatic carbocycles. The number of rotatable bonds is 11. The molecule has 4 unspecified atom stereocenters. The van der Waals surface area contributed by atoms with Gasteiger partial charge in [0.25, 0.3) is 0 Å². The molecule has 4 rings (SSSR count). The van der Waals surface area contributed by atoms with Gasteiger partial charge in [0.05, 0.1) is 13.2 Å². The van der Waals surface area contributed by atoms with Gasteiger partial charge in [-0.3, -0.25) is 0 Å². The van der Waals surface area contributed by atoms with E-state index in [0.717, 1.165) is 30.2 Å². The summed E-state index contributed by atoms with van der Waals surface area (Å²) in [6.07, 6.45) is -8.50. The molecule has 2 aliphatic heterocycles. The Labute approximate surface area is 254 Å². The minimum absolute atomic E-state index is 0.160. The maximum atomic E-state index is 11.4. The number of aliphatic hydroxyl groups is 7. The highest BCUT2D eigenvalue weighted by atomic mass is 32.2. The molecular weight excluding hydrogens is 588 g/mol. The molecule has 2 heterocycles. The number of aliphatic hydroxyl groups excluding tert-OH is 7. The van der Waals surface area contributed by atoms with Gasteiger partial charge in [-0.2, -0.15) is 0 Å². The highest BCUT2D eigenvalue weighted by molar-refractivity contribution is 8.01. The van der Waals surface area contributed by atoms with Crippen LogP contribution in [0, 0.1) is 0 Å². The SMILES string of the molecule is CC(N)CC(S[C@@H]1O[C@H](CO)[C@H](O[C@]2(SC3CCCCC3N)O[C@H](CO)[C@H](O)[C@H](O)[C@H]2O)[C@H](O)[C@H]1O)c1ccccc1. The summed E-state index contributed by atoms with van der Waals surface area (Å²) in [4.78, 5) is 0. The predicted molar refractivity (Wildman–Crippen MR) is 158 cm³/mol. The monoisotopic (exact) mass is 634 g/mol. The van der Waals surface area contributed by atoms with Crippen LogP contribution in [0.2, 0.25) is 0 Å². The topological polar surface area (TPSA) is 221 Å². The van der Waals surface area contributed by atoms with Crippen molar-refractivity contribution >= 4 is 23.5 Å². The van der Waals surface area contributed by atoms with Crippen LogP contribution in [0.4, 0.5) is 0 Å². The maximum Gasteiger partial charge on any atom is 0.249 e. The van der Waals surface area contributed by atoms with Crippen LogP contribution in [0.3, 0.4) is 0 Å². The molecule has 12 nitrogen and oxygen atoms in total. The van der Waals surface area contributed by atoms with Gasteiger partial charge in [0, 0.05) is 22.6 Å². The van der Waals surface area contributed by atoms with E-state index < -0.39 is 72.6 Å². The average molecular weight is 635 g/mol. The second-order valence-corrected chi connectivity index (χ2v) is 14.2. The van der Waals surface area contributed by atoms with Gasteiger partial charge >= 0.3 is 0 Å². The van der Waals surface area contributed by atoms with Gasteiger partial charge in [-0.25, -0.2) is 0 Å². The average Bonchev–Trinajstić information content (AvgIpc) is 2.98. The van der Waals surface area contributed by atoms with Gasteiger partial charge in [-0.05, 0) is 31.7 Å². The Morgan fingerprint density at radius 1 is 0.952 bits per heavy atom. The Morgan fingerprint density at radius 2 is 1.62 bits per heavy atom. The molecule has 0 spiro atoms. The Bertz CT molecular complexity index is 966. The summed E-state index contributed by atoms with van der Waals surface area (Å²) < 4.78 is 18.3. The first kappa shape index (κ1) is 34.3. The molecule has 1 saturated carbocycles. The van der Waals surface area contributed by atoms with Crippen molar-refractivity contribution in [1.82, 2.24) is 0 Å². The number of hydrogen-bond acceptors (Lipinski definition) is 14. The second kappa shape index (κ2) is 15.1. The fourth-order valence-corrected chi connectivity index (χ4v) is 8.98. The zero-order valence-corrected chi connectivity index (χ0v) is 25.3. The van der Waals surface area contributed by atoms with Crippen LogP contribution < -0.4 is 11.5 Å². The van der Waals surface area contributed by atoms with Crippen LogP contribution in [0.1, 0.15) is 49.8 Å². The smallest absolute Gasteiger partial charge is 0.249 e. The van der Waals surface area contributed by atoms with Gasteiger partial charge < -0.3 is 61.4 Å². The van der Waals surface area contributed by atoms with E-state index in [-0.39, 0.29) is 22.6 Å². The lowest BCUT2D eigenvalue weighted by Gasteiger charge is -2.52. The summed E-state index contributed by atoms with van der Waals surface area (Å²) in [5.41, 5.74) is 12.5. The van der Waals surface area contributed by atoms with Crippen LogP contribution in [0.5, 0.6) is 0 Å². The molecule has 3 aliphatic rings. The van der Waals surface area contributed by atoms with Crippen molar-refractivity contribution in [3.63, 3.8) is 0 Å². The fraction of sp³-hybridized carbons (Fsp3) is 0.786.